The summed E-state index contributed by atoms with van der Waals surface area (Å²) >= 11 is 0. The van der Waals surface area contributed by atoms with Crippen LogP contribution in [0.2, 0.25) is 0 Å². The summed E-state index contributed by atoms with van der Waals surface area (Å²) < 4.78 is 6.80. The number of imidazole rings is 1. The van der Waals surface area contributed by atoms with E-state index < -0.39 is 0 Å². The molecule has 0 radical (unpaired) electrons. The highest BCUT2D eigenvalue weighted by molar-refractivity contribution is 5.92. The van der Waals surface area contributed by atoms with Crippen LogP contribution in [0.25, 0.3) is 0 Å². The van der Waals surface area contributed by atoms with Crippen LogP contribution in [-0.2, 0) is 0 Å². The Balaban J connectivity index is 1.86. The number of hydrogen-bond acceptors (Lipinski definition) is 5. The maximum absolute atomic E-state index is 12.9. The van der Waals surface area contributed by atoms with E-state index in [1.807, 2.05) is 15.7 Å². The fourth-order valence-electron chi connectivity index (χ4n) is 2.82. The lowest BCUT2D eigenvalue weighted by molar-refractivity contribution is 0.0664. The highest BCUT2D eigenvalue weighted by atomic mass is 16.5. The zero-order valence-electron chi connectivity index (χ0n) is 13.0. The molecular formula is C15H21N5O2. The number of rotatable bonds is 3. The molecule has 2 aromatic heterocycles. The Kier molecular flexibility index (Phi) is 4.22. The number of amides is 1. The van der Waals surface area contributed by atoms with Crippen LogP contribution in [0.5, 0.6) is 0 Å². The first-order valence-electron chi connectivity index (χ1n) is 7.77. The molecule has 22 heavy (non-hydrogen) atoms. The average Bonchev–Trinajstić information content (AvgIpc) is 3.14. The van der Waals surface area contributed by atoms with E-state index in [9.17, 15) is 4.79 Å². The first kappa shape index (κ1) is 14.7. The van der Waals surface area contributed by atoms with Gasteiger partial charge in [-0.15, -0.1) is 0 Å². The molecule has 0 bridgehead atoms. The summed E-state index contributed by atoms with van der Waals surface area (Å²) in [5, 5.41) is 3.94. The second kappa shape index (κ2) is 6.29. The zero-order chi connectivity index (χ0) is 15.5. The minimum atomic E-state index is -0.127. The van der Waals surface area contributed by atoms with Crippen molar-refractivity contribution in [3.63, 3.8) is 0 Å². The predicted molar refractivity (Wildman–Crippen MR) is 79.2 cm³/mol. The quantitative estimate of drug-likeness (QED) is 0.871. The third-order valence-electron chi connectivity index (χ3n) is 4.11. The van der Waals surface area contributed by atoms with Crippen molar-refractivity contribution in [1.29, 1.82) is 0 Å². The number of hydrogen-bond donors (Lipinski definition) is 0. The molecule has 1 fully saturated rings. The molecule has 3 rings (SSSR count). The van der Waals surface area contributed by atoms with E-state index in [2.05, 4.69) is 29.0 Å². The molecule has 1 aliphatic heterocycles. The maximum atomic E-state index is 12.9. The second-order valence-electron chi connectivity index (χ2n) is 5.95. The molecule has 0 aromatic carbocycles. The van der Waals surface area contributed by atoms with Crippen molar-refractivity contribution in [1.82, 2.24) is 24.6 Å². The summed E-state index contributed by atoms with van der Waals surface area (Å²) in [7, 11) is 0. The first-order valence-corrected chi connectivity index (χ1v) is 7.77. The van der Waals surface area contributed by atoms with Gasteiger partial charge in [0.25, 0.3) is 5.91 Å². The van der Waals surface area contributed by atoms with Gasteiger partial charge < -0.3 is 14.0 Å². The third kappa shape index (κ3) is 2.88. The minimum Gasteiger partial charge on any atom is -0.343 e. The van der Waals surface area contributed by atoms with Crippen LogP contribution in [0.3, 0.4) is 0 Å². The average molecular weight is 303 g/mol. The molecule has 0 spiro atoms. The van der Waals surface area contributed by atoms with Gasteiger partial charge in [-0.3, -0.25) is 4.79 Å². The van der Waals surface area contributed by atoms with Crippen LogP contribution in [0.1, 0.15) is 67.9 Å². The van der Waals surface area contributed by atoms with Crippen molar-refractivity contribution in [3.05, 3.63) is 30.4 Å². The van der Waals surface area contributed by atoms with E-state index in [1.165, 1.54) is 6.39 Å². The normalized spacial score (nSPS) is 19.4. The van der Waals surface area contributed by atoms with Gasteiger partial charge in [0.05, 0.1) is 12.4 Å². The molecule has 1 amide bonds. The molecule has 0 aliphatic carbocycles. The molecule has 3 heterocycles. The van der Waals surface area contributed by atoms with E-state index >= 15 is 0 Å². The number of carbonyl (C=O) groups is 1. The fourth-order valence-corrected chi connectivity index (χ4v) is 2.82. The van der Waals surface area contributed by atoms with Crippen LogP contribution in [0, 0.1) is 0 Å². The highest BCUT2D eigenvalue weighted by Gasteiger charge is 2.31. The molecule has 1 saturated heterocycles. The van der Waals surface area contributed by atoms with Gasteiger partial charge in [-0.1, -0.05) is 18.0 Å². The van der Waals surface area contributed by atoms with Gasteiger partial charge in [0, 0.05) is 18.8 Å². The topological polar surface area (TPSA) is 77.0 Å². The molecule has 7 heteroatoms. The molecule has 0 saturated carbocycles. The summed E-state index contributed by atoms with van der Waals surface area (Å²) in [5.41, 5.74) is 0.476. The van der Waals surface area contributed by atoms with Crippen molar-refractivity contribution >= 4 is 5.91 Å². The maximum Gasteiger partial charge on any atom is 0.274 e. The summed E-state index contributed by atoms with van der Waals surface area (Å²) in [4.78, 5) is 23.1. The summed E-state index contributed by atoms with van der Waals surface area (Å²) in [5.74, 6) is 0.523. The van der Waals surface area contributed by atoms with Gasteiger partial charge in [-0.2, -0.15) is 4.98 Å². The van der Waals surface area contributed by atoms with Crippen molar-refractivity contribution in [2.75, 3.05) is 6.54 Å². The van der Waals surface area contributed by atoms with Gasteiger partial charge in [-0.25, -0.2) is 4.98 Å². The molecular weight excluding hydrogens is 282 g/mol. The Bertz CT molecular complexity index is 620. The lowest BCUT2D eigenvalue weighted by atomic mass is 10.1. The van der Waals surface area contributed by atoms with Crippen molar-refractivity contribution in [3.8, 4) is 0 Å². The van der Waals surface area contributed by atoms with Crippen LogP contribution in [0.4, 0.5) is 0 Å². The van der Waals surface area contributed by atoms with Crippen LogP contribution in [-0.4, -0.2) is 37.0 Å². The third-order valence-corrected chi connectivity index (χ3v) is 4.11. The van der Waals surface area contributed by atoms with E-state index in [-0.39, 0.29) is 18.0 Å². The van der Waals surface area contributed by atoms with Crippen molar-refractivity contribution < 1.29 is 9.32 Å². The molecule has 1 atom stereocenters. The lowest BCUT2D eigenvalue weighted by Gasteiger charge is -2.27. The standard InChI is InChI=1S/C15H21N5O2/c1-11(2)19-8-12(16-9-19)15(21)20-7-5-3-4-6-13(20)14-17-10-22-18-14/h8-11,13H,3-7H2,1-2H3/t13-/m0/s1. The van der Waals surface area contributed by atoms with Crippen LogP contribution in [0.15, 0.2) is 23.4 Å². The fraction of sp³-hybridized carbons (Fsp3) is 0.600. The minimum absolute atomic E-state index is 0.0592. The smallest absolute Gasteiger partial charge is 0.274 e. The van der Waals surface area contributed by atoms with Gasteiger partial charge in [0.1, 0.15) is 5.69 Å². The largest absolute Gasteiger partial charge is 0.343 e. The van der Waals surface area contributed by atoms with E-state index in [4.69, 9.17) is 4.52 Å². The molecule has 0 N–H and O–H groups in total. The van der Waals surface area contributed by atoms with Gasteiger partial charge in [-0.05, 0) is 26.7 Å². The highest BCUT2D eigenvalue weighted by Crippen LogP contribution is 2.29. The van der Waals surface area contributed by atoms with Crippen molar-refractivity contribution in [2.45, 2.75) is 51.6 Å². The number of aromatic nitrogens is 4. The molecule has 2 aromatic rings. The van der Waals surface area contributed by atoms with Gasteiger partial charge in [0.2, 0.25) is 6.39 Å². The number of likely N-dealkylation sites (tertiary alicyclic amines) is 1. The summed E-state index contributed by atoms with van der Waals surface area (Å²) in [6.07, 6.45) is 8.85. The van der Waals surface area contributed by atoms with Crippen molar-refractivity contribution in [2.24, 2.45) is 0 Å². The van der Waals surface area contributed by atoms with Gasteiger partial charge in [0.15, 0.2) is 5.82 Å². The van der Waals surface area contributed by atoms with Gasteiger partial charge >= 0.3 is 0 Å². The molecule has 118 valence electrons. The Labute approximate surface area is 129 Å². The van der Waals surface area contributed by atoms with E-state index in [1.54, 1.807) is 6.33 Å². The molecule has 1 aliphatic rings. The second-order valence-corrected chi connectivity index (χ2v) is 5.95. The monoisotopic (exact) mass is 303 g/mol. The Morgan fingerprint density at radius 2 is 2.18 bits per heavy atom. The molecule has 7 nitrogen and oxygen atoms in total. The number of nitrogens with zero attached hydrogens (tertiary/aromatic N) is 5. The molecule has 0 unspecified atom stereocenters. The Morgan fingerprint density at radius 3 is 2.86 bits per heavy atom. The number of carbonyl (C=O) groups excluding carboxylic acids is 1. The SMILES string of the molecule is CC(C)n1cnc(C(=O)N2CCCCC[C@H]2c2ncon2)c1. The van der Waals surface area contributed by atoms with E-state index in [0.717, 1.165) is 25.7 Å². The Hall–Kier alpha value is -2.18. The summed E-state index contributed by atoms with van der Waals surface area (Å²) in [6, 6.07) is 0.157. The first-order chi connectivity index (χ1) is 10.7. The van der Waals surface area contributed by atoms with Crippen LogP contribution >= 0.6 is 0 Å². The zero-order valence-corrected chi connectivity index (χ0v) is 13.0. The van der Waals surface area contributed by atoms with E-state index in [0.29, 0.717) is 18.1 Å². The summed E-state index contributed by atoms with van der Waals surface area (Å²) in [6.45, 7) is 4.82. The predicted octanol–water partition coefficient (Wildman–Crippen LogP) is 2.60. The lowest BCUT2D eigenvalue weighted by Crippen LogP contribution is -2.35. The van der Waals surface area contributed by atoms with Crippen LogP contribution < -0.4 is 0 Å². The Morgan fingerprint density at radius 1 is 1.32 bits per heavy atom.